The van der Waals surface area contributed by atoms with Gasteiger partial charge >= 0.3 is 0 Å². The van der Waals surface area contributed by atoms with Crippen LogP contribution in [0.1, 0.15) is 22.5 Å². The molecule has 0 unspecified atom stereocenters. The zero-order chi connectivity index (χ0) is 21.0. The number of nitrogens with zero attached hydrogens (tertiary/aromatic N) is 1. The van der Waals surface area contributed by atoms with Crippen LogP contribution in [-0.4, -0.2) is 0 Å². The van der Waals surface area contributed by atoms with Gasteiger partial charge in [0.25, 0.3) is 0 Å². The first-order valence-corrected chi connectivity index (χ1v) is 10.3. The molecule has 0 aliphatic carbocycles. The minimum Gasteiger partial charge on any atom is -0.618 e. The predicted octanol–water partition coefficient (Wildman–Crippen LogP) is 6.97. The molecule has 2 heteroatoms. The molecule has 0 aliphatic heterocycles. The second kappa shape index (κ2) is 8.29. The van der Waals surface area contributed by atoms with Crippen molar-refractivity contribution in [3.8, 4) is 0 Å². The Morgan fingerprint density at radius 2 is 0.871 bits per heavy atom. The molecule has 0 bridgehead atoms. The summed E-state index contributed by atoms with van der Waals surface area (Å²) in [6, 6.07) is 34.5. The Labute approximate surface area is 181 Å². The zero-order valence-corrected chi connectivity index (χ0v) is 17.0. The molecule has 0 N–H and O–H groups in total. The largest absolute Gasteiger partial charge is 0.618 e. The Morgan fingerprint density at radius 3 is 1.39 bits per heavy atom. The van der Waals surface area contributed by atoms with Crippen LogP contribution in [0.4, 0.5) is 0 Å². The van der Waals surface area contributed by atoms with Crippen LogP contribution in [0.25, 0.3) is 45.8 Å². The van der Waals surface area contributed by atoms with Crippen molar-refractivity contribution in [3.05, 3.63) is 131 Å². The molecule has 0 saturated heterocycles. The minimum absolute atomic E-state index is 0.605. The average Bonchev–Trinajstić information content (AvgIpc) is 2.82. The molecule has 4 aromatic carbocycles. The molecule has 0 saturated carbocycles. The average molecular weight is 399 g/mol. The Balaban J connectivity index is 1.48. The number of pyridine rings is 1. The van der Waals surface area contributed by atoms with E-state index in [-0.39, 0.29) is 0 Å². The van der Waals surface area contributed by atoms with E-state index in [1.807, 2.05) is 78.9 Å². The third-order valence-electron chi connectivity index (χ3n) is 5.52. The number of aromatic nitrogens is 1. The van der Waals surface area contributed by atoms with Crippen molar-refractivity contribution < 1.29 is 4.73 Å². The van der Waals surface area contributed by atoms with Gasteiger partial charge in [0.1, 0.15) is 0 Å². The van der Waals surface area contributed by atoms with Crippen molar-refractivity contribution in [1.82, 2.24) is 0 Å². The molecule has 5 rings (SSSR count). The molecule has 5 aromatic rings. The molecule has 0 atom stereocenters. The molecule has 0 aliphatic rings. The maximum absolute atomic E-state index is 13.0. The van der Waals surface area contributed by atoms with Gasteiger partial charge in [-0.05, 0) is 50.9 Å². The SMILES string of the molecule is [O-][n+]1c(/C=C\c2cccc3ccccc23)cccc1/C=C\c1cccc2ccccc12. The summed E-state index contributed by atoms with van der Waals surface area (Å²) in [6.07, 6.45) is 7.77. The van der Waals surface area contributed by atoms with Crippen molar-refractivity contribution in [2.24, 2.45) is 0 Å². The molecule has 1 aromatic heterocycles. The highest BCUT2D eigenvalue weighted by molar-refractivity contribution is 5.93. The second-order valence-corrected chi connectivity index (χ2v) is 7.47. The van der Waals surface area contributed by atoms with Gasteiger partial charge in [0.2, 0.25) is 11.4 Å². The van der Waals surface area contributed by atoms with Crippen molar-refractivity contribution in [2.75, 3.05) is 0 Å². The van der Waals surface area contributed by atoms with E-state index in [1.54, 1.807) is 0 Å². The van der Waals surface area contributed by atoms with Gasteiger partial charge in [0, 0.05) is 24.3 Å². The number of hydrogen-bond acceptors (Lipinski definition) is 1. The monoisotopic (exact) mass is 399 g/mol. The molecule has 0 amide bonds. The lowest BCUT2D eigenvalue weighted by atomic mass is 10.0. The lowest BCUT2D eigenvalue weighted by molar-refractivity contribution is -0.609. The van der Waals surface area contributed by atoms with Crippen LogP contribution in [0.3, 0.4) is 0 Å². The van der Waals surface area contributed by atoms with E-state index in [0.29, 0.717) is 11.4 Å². The Hall–Kier alpha value is -4.17. The van der Waals surface area contributed by atoms with Crippen LogP contribution in [-0.2, 0) is 0 Å². The smallest absolute Gasteiger partial charge is 0.217 e. The Morgan fingerprint density at radius 1 is 0.452 bits per heavy atom. The van der Waals surface area contributed by atoms with Crippen LogP contribution < -0.4 is 4.73 Å². The summed E-state index contributed by atoms with van der Waals surface area (Å²) in [6.45, 7) is 0. The van der Waals surface area contributed by atoms with Gasteiger partial charge in [-0.2, -0.15) is 4.73 Å². The normalized spacial score (nSPS) is 11.7. The van der Waals surface area contributed by atoms with Crippen LogP contribution in [0.15, 0.2) is 103 Å². The first kappa shape index (κ1) is 18.8. The van der Waals surface area contributed by atoms with Crippen LogP contribution in [0, 0.1) is 5.21 Å². The van der Waals surface area contributed by atoms with Crippen molar-refractivity contribution in [3.63, 3.8) is 0 Å². The highest BCUT2D eigenvalue weighted by Gasteiger charge is 2.07. The molecule has 0 radical (unpaired) electrons. The van der Waals surface area contributed by atoms with Gasteiger partial charge in [-0.15, -0.1) is 0 Å². The van der Waals surface area contributed by atoms with Crippen LogP contribution in [0.5, 0.6) is 0 Å². The molecule has 2 nitrogen and oxygen atoms in total. The van der Waals surface area contributed by atoms with Gasteiger partial charge < -0.3 is 5.21 Å². The van der Waals surface area contributed by atoms with Gasteiger partial charge in [-0.1, -0.05) is 84.9 Å². The molecule has 31 heavy (non-hydrogen) atoms. The van der Waals surface area contributed by atoms with Crippen LogP contribution in [0.2, 0.25) is 0 Å². The van der Waals surface area contributed by atoms with E-state index in [2.05, 4.69) is 48.5 Å². The van der Waals surface area contributed by atoms with Crippen LogP contribution >= 0.6 is 0 Å². The highest BCUT2D eigenvalue weighted by Crippen LogP contribution is 2.21. The predicted molar refractivity (Wildman–Crippen MR) is 131 cm³/mol. The molecule has 1 heterocycles. The van der Waals surface area contributed by atoms with Crippen molar-refractivity contribution in [1.29, 1.82) is 0 Å². The molecule has 0 spiro atoms. The quantitative estimate of drug-likeness (QED) is 0.237. The minimum atomic E-state index is 0.605. The first-order valence-electron chi connectivity index (χ1n) is 10.3. The molecule has 0 fully saturated rings. The third-order valence-corrected chi connectivity index (χ3v) is 5.52. The summed E-state index contributed by atoms with van der Waals surface area (Å²) in [5.74, 6) is 0. The van der Waals surface area contributed by atoms with Gasteiger partial charge in [0.05, 0.1) is 0 Å². The van der Waals surface area contributed by atoms with Crippen molar-refractivity contribution in [2.45, 2.75) is 0 Å². The van der Waals surface area contributed by atoms with Gasteiger partial charge in [-0.25, -0.2) is 0 Å². The van der Waals surface area contributed by atoms with E-state index < -0.39 is 0 Å². The molecular formula is C29H21NO. The fourth-order valence-electron chi connectivity index (χ4n) is 3.92. The number of hydrogen-bond donors (Lipinski definition) is 0. The van der Waals surface area contributed by atoms with E-state index in [9.17, 15) is 5.21 Å². The number of fused-ring (bicyclic) bond motifs is 2. The summed E-state index contributed by atoms with van der Waals surface area (Å²) < 4.78 is 0.975. The fourth-order valence-corrected chi connectivity index (χ4v) is 3.92. The second-order valence-electron chi connectivity index (χ2n) is 7.47. The number of rotatable bonds is 4. The fraction of sp³-hybridized carbons (Fsp3) is 0. The zero-order valence-electron chi connectivity index (χ0n) is 17.0. The summed E-state index contributed by atoms with van der Waals surface area (Å²) in [5.41, 5.74) is 3.39. The molecular weight excluding hydrogens is 378 g/mol. The standard InChI is InChI=1S/C29H21NO/c31-30-26(20-18-24-12-5-10-22-8-1-3-16-28(22)24)14-7-15-27(30)21-19-25-13-6-11-23-9-2-4-17-29(23)25/h1-21H/b20-18-,21-19-. The molecule has 148 valence electrons. The van der Waals surface area contributed by atoms with E-state index in [0.717, 1.165) is 15.9 Å². The van der Waals surface area contributed by atoms with E-state index in [4.69, 9.17) is 0 Å². The summed E-state index contributed by atoms with van der Waals surface area (Å²) in [7, 11) is 0. The first-order chi connectivity index (χ1) is 15.3. The maximum atomic E-state index is 13.0. The van der Waals surface area contributed by atoms with Gasteiger partial charge in [-0.3, -0.25) is 0 Å². The third kappa shape index (κ3) is 3.84. The van der Waals surface area contributed by atoms with Gasteiger partial charge in [0.15, 0.2) is 0 Å². The lowest BCUT2D eigenvalue weighted by Crippen LogP contribution is -2.33. The Kier molecular flexibility index (Phi) is 5.04. The van der Waals surface area contributed by atoms with E-state index >= 15 is 0 Å². The van der Waals surface area contributed by atoms with Crippen molar-refractivity contribution >= 4 is 45.8 Å². The number of benzene rings is 4. The summed E-state index contributed by atoms with van der Waals surface area (Å²) in [5, 5.41) is 17.7. The highest BCUT2D eigenvalue weighted by atomic mass is 16.5. The lowest BCUT2D eigenvalue weighted by Gasteiger charge is -2.05. The Bertz CT molecular complexity index is 1330. The maximum Gasteiger partial charge on any atom is 0.217 e. The summed E-state index contributed by atoms with van der Waals surface area (Å²) >= 11 is 0. The van der Waals surface area contributed by atoms with E-state index in [1.165, 1.54) is 21.5 Å². The summed E-state index contributed by atoms with van der Waals surface area (Å²) in [4.78, 5) is 0. The topological polar surface area (TPSA) is 26.9 Å².